The number of alkyl halides is 3. The number of benzene rings is 1. The van der Waals surface area contributed by atoms with Crippen LogP contribution in [0.5, 0.6) is 0 Å². The van der Waals surface area contributed by atoms with Crippen molar-refractivity contribution in [3.05, 3.63) is 94.8 Å². The molecule has 0 aliphatic carbocycles. The van der Waals surface area contributed by atoms with Crippen molar-refractivity contribution in [1.82, 2.24) is 20.6 Å². The van der Waals surface area contributed by atoms with Gasteiger partial charge in [-0.3, -0.25) is 20.1 Å². The maximum Gasteiger partial charge on any atom is 0.433 e. The molecule has 0 bridgehead atoms. The predicted octanol–water partition coefficient (Wildman–Crippen LogP) is 4.69. The summed E-state index contributed by atoms with van der Waals surface area (Å²) in [6, 6.07) is 9.39. The molecule has 1 aromatic carbocycles. The molecule has 0 aliphatic rings. The molecule has 0 saturated carbocycles. The van der Waals surface area contributed by atoms with Crippen molar-refractivity contribution >= 4 is 5.91 Å². The Morgan fingerprint density at radius 1 is 1.09 bits per heavy atom. The van der Waals surface area contributed by atoms with Gasteiger partial charge in [-0.15, -0.1) is 0 Å². The van der Waals surface area contributed by atoms with Crippen LogP contribution in [-0.2, 0) is 17.4 Å². The third-order valence-corrected chi connectivity index (χ3v) is 5.32. The van der Waals surface area contributed by atoms with Gasteiger partial charge in [0.25, 0.3) is 0 Å². The highest BCUT2D eigenvalue weighted by atomic mass is 19.4. The second-order valence-electron chi connectivity index (χ2n) is 7.65. The molecule has 0 spiro atoms. The number of carbonyl (C=O) groups is 1. The normalized spacial score (nSPS) is 13.4. The number of aromatic nitrogens is 2. The number of nitrogens with zero attached hydrogens (tertiary/aromatic N) is 2. The maximum absolute atomic E-state index is 13.9. The van der Waals surface area contributed by atoms with Crippen LogP contribution in [0.2, 0.25) is 0 Å². The minimum Gasteiger partial charge on any atom is -0.358 e. The molecule has 33 heavy (non-hydrogen) atoms. The van der Waals surface area contributed by atoms with Crippen molar-refractivity contribution in [2.24, 2.45) is 0 Å². The van der Waals surface area contributed by atoms with Crippen molar-refractivity contribution in [3.63, 3.8) is 0 Å². The quantitative estimate of drug-likeness (QED) is 0.479. The van der Waals surface area contributed by atoms with Crippen molar-refractivity contribution < 1.29 is 22.4 Å². The minimum atomic E-state index is -4.50. The van der Waals surface area contributed by atoms with Crippen LogP contribution in [0.1, 0.15) is 46.5 Å². The molecule has 1 amide bonds. The molecular weight excluding hydrogens is 436 g/mol. The fourth-order valence-corrected chi connectivity index (χ4v) is 3.50. The number of rotatable bonds is 8. The zero-order valence-corrected chi connectivity index (χ0v) is 18.2. The lowest BCUT2D eigenvalue weighted by Crippen LogP contribution is -2.38. The standard InChI is InChI=1S/C24H24F4N4O/c1-15-12-17(7-8-19(15)25)20(9-5-16-6-10-21(31-13-16)24(26,27)28)32-22(23(33)29-2)18-4-3-11-30-14-18/h3-4,6-8,10-14,20,22,32H,5,9H2,1-2H3,(H,29,33)/t20-,22?/m1/s1. The largest absolute Gasteiger partial charge is 0.433 e. The zero-order valence-electron chi connectivity index (χ0n) is 18.2. The first kappa shape index (κ1) is 24.3. The monoisotopic (exact) mass is 460 g/mol. The molecule has 0 fully saturated rings. The summed E-state index contributed by atoms with van der Waals surface area (Å²) in [7, 11) is 1.53. The number of likely N-dealkylation sites (N-methyl/N-ethyl adjacent to an activating group) is 1. The number of hydrogen-bond acceptors (Lipinski definition) is 4. The topological polar surface area (TPSA) is 66.9 Å². The maximum atomic E-state index is 13.9. The van der Waals surface area contributed by atoms with Gasteiger partial charge in [0.2, 0.25) is 5.91 Å². The van der Waals surface area contributed by atoms with Gasteiger partial charge in [0.15, 0.2) is 0 Å². The van der Waals surface area contributed by atoms with Crippen LogP contribution in [0.15, 0.2) is 61.1 Å². The van der Waals surface area contributed by atoms with Gasteiger partial charge in [-0.1, -0.05) is 24.3 Å². The lowest BCUT2D eigenvalue weighted by atomic mass is 9.96. The molecule has 2 aromatic heterocycles. The van der Waals surface area contributed by atoms with Crippen molar-refractivity contribution in [2.45, 2.75) is 38.0 Å². The van der Waals surface area contributed by atoms with E-state index in [2.05, 4.69) is 20.6 Å². The molecule has 5 nitrogen and oxygen atoms in total. The van der Waals surface area contributed by atoms with E-state index in [1.165, 1.54) is 25.4 Å². The first-order valence-corrected chi connectivity index (χ1v) is 10.3. The van der Waals surface area contributed by atoms with Crippen molar-refractivity contribution in [1.29, 1.82) is 0 Å². The third-order valence-electron chi connectivity index (χ3n) is 5.32. The Morgan fingerprint density at radius 3 is 2.45 bits per heavy atom. The second kappa shape index (κ2) is 10.5. The molecule has 9 heteroatoms. The first-order valence-electron chi connectivity index (χ1n) is 10.3. The molecular formula is C24H24F4N4O. The molecule has 0 saturated heterocycles. The number of hydrogen-bond donors (Lipinski definition) is 2. The Morgan fingerprint density at radius 2 is 1.88 bits per heavy atom. The van der Waals surface area contributed by atoms with Crippen LogP contribution in [-0.4, -0.2) is 22.9 Å². The Labute approximate surface area is 189 Å². The Bertz CT molecular complexity index is 1070. The molecule has 0 aliphatic heterocycles. The van der Waals surface area contributed by atoms with E-state index >= 15 is 0 Å². The van der Waals surface area contributed by atoms with E-state index in [9.17, 15) is 22.4 Å². The first-order chi connectivity index (χ1) is 15.7. The summed E-state index contributed by atoms with van der Waals surface area (Å²) < 4.78 is 52.2. The molecule has 3 rings (SSSR count). The van der Waals surface area contributed by atoms with E-state index in [1.807, 2.05) is 0 Å². The Kier molecular flexibility index (Phi) is 7.75. The highest BCUT2D eigenvalue weighted by Gasteiger charge is 2.32. The number of nitrogens with one attached hydrogen (secondary N) is 2. The summed E-state index contributed by atoms with van der Waals surface area (Å²) in [5.41, 5.74) is 1.52. The van der Waals surface area contributed by atoms with Gasteiger partial charge in [0.1, 0.15) is 17.6 Å². The second-order valence-corrected chi connectivity index (χ2v) is 7.65. The van der Waals surface area contributed by atoms with E-state index in [4.69, 9.17) is 0 Å². The highest BCUT2D eigenvalue weighted by molar-refractivity contribution is 5.82. The average Bonchev–Trinajstić information content (AvgIpc) is 2.81. The lowest BCUT2D eigenvalue weighted by molar-refractivity contribution is -0.141. The van der Waals surface area contributed by atoms with Crippen molar-refractivity contribution in [2.75, 3.05) is 7.05 Å². The van der Waals surface area contributed by atoms with E-state index < -0.39 is 24.0 Å². The molecule has 3 aromatic rings. The smallest absolute Gasteiger partial charge is 0.358 e. The average molecular weight is 460 g/mol. The number of carbonyl (C=O) groups excluding carboxylic acids is 1. The van der Waals surface area contributed by atoms with Gasteiger partial charge in [0, 0.05) is 31.7 Å². The van der Waals surface area contributed by atoms with Gasteiger partial charge in [-0.25, -0.2) is 4.39 Å². The Balaban J connectivity index is 1.87. The van der Waals surface area contributed by atoms with Crippen LogP contribution in [0, 0.1) is 12.7 Å². The van der Waals surface area contributed by atoms with Gasteiger partial charge < -0.3 is 5.32 Å². The molecule has 2 heterocycles. The summed E-state index contributed by atoms with van der Waals surface area (Å²) in [6.45, 7) is 1.65. The lowest BCUT2D eigenvalue weighted by Gasteiger charge is -2.26. The van der Waals surface area contributed by atoms with Crippen LogP contribution in [0.25, 0.3) is 0 Å². The molecule has 174 valence electrons. The Hall–Kier alpha value is -3.33. The van der Waals surface area contributed by atoms with Gasteiger partial charge in [0.05, 0.1) is 0 Å². The van der Waals surface area contributed by atoms with E-state index in [0.717, 1.165) is 11.6 Å². The van der Waals surface area contributed by atoms with E-state index in [-0.39, 0.29) is 11.7 Å². The number of pyridine rings is 2. The minimum absolute atomic E-state index is 0.275. The summed E-state index contributed by atoms with van der Waals surface area (Å²) in [5.74, 6) is -0.623. The van der Waals surface area contributed by atoms with Crippen LogP contribution in [0.3, 0.4) is 0 Å². The van der Waals surface area contributed by atoms with Crippen LogP contribution in [0.4, 0.5) is 17.6 Å². The number of amides is 1. The zero-order chi connectivity index (χ0) is 24.0. The third kappa shape index (κ3) is 6.35. The summed E-state index contributed by atoms with van der Waals surface area (Å²) in [4.78, 5) is 20.2. The van der Waals surface area contributed by atoms with Crippen LogP contribution < -0.4 is 10.6 Å². The molecule has 1 unspecified atom stereocenters. The summed E-state index contributed by atoms with van der Waals surface area (Å²) >= 11 is 0. The predicted molar refractivity (Wildman–Crippen MR) is 116 cm³/mol. The SMILES string of the molecule is CNC(=O)C(N[C@H](CCc1ccc(C(F)(F)F)nc1)c1ccc(F)c(C)c1)c1cccnc1. The van der Waals surface area contributed by atoms with Crippen molar-refractivity contribution in [3.8, 4) is 0 Å². The molecule has 2 N–H and O–H groups in total. The fraction of sp³-hybridized carbons (Fsp3) is 0.292. The van der Waals surface area contributed by atoms with Gasteiger partial charge in [-0.2, -0.15) is 13.2 Å². The molecule has 0 radical (unpaired) electrons. The molecule has 2 atom stereocenters. The van der Waals surface area contributed by atoms with Gasteiger partial charge in [-0.05, 0) is 60.2 Å². The van der Waals surface area contributed by atoms with Gasteiger partial charge >= 0.3 is 6.18 Å². The summed E-state index contributed by atoms with van der Waals surface area (Å²) in [6.07, 6.45) is 0.715. The highest BCUT2D eigenvalue weighted by Crippen LogP contribution is 2.29. The summed E-state index contributed by atoms with van der Waals surface area (Å²) in [5, 5.41) is 5.94. The van der Waals surface area contributed by atoms with Crippen LogP contribution >= 0.6 is 0 Å². The number of halogens is 4. The fourth-order valence-electron chi connectivity index (χ4n) is 3.50. The van der Waals surface area contributed by atoms with E-state index in [0.29, 0.717) is 29.5 Å². The number of aryl methyl sites for hydroxylation is 2. The van der Waals surface area contributed by atoms with E-state index in [1.54, 1.807) is 43.6 Å².